The summed E-state index contributed by atoms with van der Waals surface area (Å²) in [5.74, 6) is -0.113. The fraction of sp³-hybridized carbons (Fsp3) is 0.545. The lowest BCUT2D eigenvalue weighted by molar-refractivity contribution is 0.0904. The third kappa shape index (κ3) is 1.91. The lowest BCUT2D eigenvalue weighted by Gasteiger charge is -2.14. The van der Waals surface area contributed by atoms with Gasteiger partial charge in [-0.1, -0.05) is 0 Å². The molecule has 2 rings (SSSR count). The van der Waals surface area contributed by atoms with Gasteiger partial charge in [0.15, 0.2) is 6.39 Å². The highest BCUT2D eigenvalue weighted by molar-refractivity contribution is 5.92. The zero-order valence-electron chi connectivity index (χ0n) is 9.06. The highest BCUT2D eigenvalue weighted by atomic mass is 16.3. The molecule has 1 aromatic heterocycles. The lowest BCUT2D eigenvalue weighted by Crippen LogP contribution is -2.37. The van der Waals surface area contributed by atoms with Gasteiger partial charge < -0.3 is 9.73 Å². The summed E-state index contributed by atoms with van der Waals surface area (Å²) < 4.78 is 5.00. The number of nitrogens with one attached hydrogen (secondary N) is 1. The van der Waals surface area contributed by atoms with E-state index in [0.29, 0.717) is 5.69 Å². The van der Waals surface area contributed by atoms with Crippen LogP contribution in [0.1, 0.15) is 35.5 Å². The van der Waals surface area contributed by atoms with Crippen LogP contribution in [0.3, 0.4) is 0 Å². The average Bonchev–Trinajstić information content (AvgIpc) is 2.86. The number of hydrogen-bond acceptors (Lipinski definition) is 4. The molecule has 2 unspecified atom stereocenters. The van der Waals surface area contributed by atoms with Crippen molar-refractivity contribution >= 4 is 5.91 Å². The number of nitrogens with zero attached hydrogens (tertiary/aromatic N) is 2. The number of aryl methyl sites for hydroxylation is 1. The first-order valence-corrected chi connectivity index (χ1v) is 5.33. The second-order valence-corrected chi connectivity index (χ2v) is 4.01. The van der Waals surface area contributed by atoms with Crippen LogP contribution in [-0.4, -0.2) is 16.9 Å². The summed E-state index contributed by atoms with van der Waals surface area (Å²) in [7, 11) is 0. The zero-order valence-corrected chi connectivity index (χ0v) is 9.06. The summed E-state index contributed by atoms with van der Waals surface area (Å²) in [6, 6.07) is 2.16. The molecule has 0 aliphatic heterocycles. The SMILES string of the molecule is Cc1ncoc1C(=O)NC1CCCC1C#N. The van der Waals surface area contributed by atoms with E-state index in [9.17, 15) is 4.79 Å². The molecule has 1 N–H and O–H groups in total. The monoisotopic (exact) mass is 219 g/mol. The molecule has 0 spiro atoms. The Hall–Kier alpha value is -1.83. The molecule has 1 aliphatic carbocycles. The topological polar surface area (TPSA) is 78.9 Å². The Labute approximate surface area is 93.5 Å². The molecule has 1 aromatic rings. The summed E-state index contributed by atoms with van der Waals surface area (Å²) in [5, 5.41) is 11.7. The predicted octanol–water partition coefficient (Wildman–Crippen LogP) is 1.41. The number of hydrogen-bond donors (Lipinski definition) is 1. The minimum atomic E-state index is -0.276. The Morgan fingerprint density at radius 1 is 1.69 bits per heavy atom. The fourth-order valence-electron chi connectivity index (χ4n) is 2.04. The molecular formula is C11H13N3O2. The highest BCUT2D eigenvalue weighted by Gasteiger charge is 2.29. The van der Waals surface area contributed by atoms with Crippen molar-refractivity contribution in [3.63, 3.8) is 0 Å². The fourth-order valence-corrected chi connectivity index (χ4v) is 2.04. The van der Waals surface area contributed by atoms with E-state index in [1.54, 1.807) is 6.92 Å². The van der Waals surface area contributed by atoms with Gasteiger partial charge in [-0.2, -0.15) is 5.26 Å². The van der Waals surface area contributed by atoms with Crippen LogP contribution in [0.15, 0.2) is 10.8 Å². The number of amides is 1. The second kappa shape index (κ2) is 4.35. The molecule has 1 aliphatic rings. The van der Waals surface area contributed by atoms with Gasteiger partial charge in [-0.3, -0.25) is 4.79 Å². The van der Waals surface area contributed by atoms with Crippen molar-refractivity contribution in [2.75, 3.05) is 0 Å². The summed E-state index contributed by atoms with van der Waals surface area (Å²) in [5.41, 5.74) is 0.573. The number of nitriles is 1. The van der Waals surface area contributed by atoms with Crippen LogP contribution in [0.25, 0.3) is 0 Å². The van der Waals surface area contributed by atoms with E-state index < -0.39 is 0 Å². The first-order chi connectivity index (χ1) is 7.72. The van der Waals surface area contributed by atoms with Crippen molar-refractivity contribution in [2.45, 2.75) is 32.2 Å². The zero-order chi connectivity index (χ0) is 11.5. The molecule has 0 saturated heterocycles. The van der Waals surface area contributed by atoms with Gasteiger partial charge in [-0.25, -0.2) is 4.98 Å². The van der Waals surface area contributed by atoms with E-state index in [1.807, 2.05) is 0 Å². The molecule has 5 heteroatoms. The molecule has 1 amide bonds. The Morgan fingerprint density at radius 3 is 3.12 bits per heavy atom. The van der Waals surface area contributed by atoms with E-state index in [-0.39, 0.29) is 23.6 Å². The average molecular weight is 219 g/mol. The lowest BCUT2D eigenvalue weighted by atomic mass is 10.1. The molecule has 2 atom stereocenters. The molecule has 0 radical (unpaired) electrons. The van der Waals surface area contributed by atoms with Crippen LogP contribution in [0, 0.1) is 24.2 Å². The molecular weight excluding hydrogens is 206 g/mol. The van der Waals surface area contributed by atoms with Crippen LogP contribution >= 0.6 is 0 Å². The number of rotatable bonds is 2. The molecule has 5 nitrogen and oxygen atoms in total. The maximum absolute atomic E-state index is 11.8. The van der Waals surface area contributed by atoms with Gasteiger partial charge in [0.05, 0.1) is 17.7 Å². The Morgan fingerprint density at radius 2 is 2.50 bits per heavy atom. The third-order valence-corrected chi connectivity index (χ3v) is 2.95. The van der Waals surface area contributed by atoms with Crippen molar-refractivity contribution in [3.05, 3.63) is 17.8 Å². The molecule has 84 valence electrons. The molecule has 1 fully saturated rings. The minimum absolute atomic E-state index is 0.0537. The van der Waals surface area contributed by atoms with Crippen molar-refractivity contribution in [2.24, 2.45) is 5.92 Å². The molecule has 16 heavy (non-hydrogen) atoms. The summed E-state index contributed by atoms with van der Waals surface area (Å²) in [4.78, 5) is 15.6. The summed E-state index contributed by atoms with van der Waals surface area (Å²) >= 11 is 0. The van der Waals surface area contributed by atoms with E-state index >= 15 is 0 Å². The van der Waals surface area contributed by atoms with E-state index in [4.69, 9.17) is 9.68 Å². The largest absolute Gasteiger partial charge is 0.438 e. The molecule has 1 saturated carbocycles. The van der Waals surface area contributed by atoms with Crippen molar-refractivity contribution < 1.29 is 9.21 Å². The summed E-state index contributed by atoms with van der Waals surface area (Å²) in [6.07, 6.45) is 3.95. The third-order valence-electron chi connectivity index (χ3n) is 2.95. The van der Waals surface area contributed by atoms with E-state index in [2.05, 4.69) is 16.4 Å². The van der Waals surface area contributed by atoms with Gasteiger partial charge >= 0.3 is 0 Å². The van der Waals surface area contributed by atoms with Crippen molar-refractivity contribution in [1.82, 2.24) is 10.3 Å². The van der Waals surface area contributed by atoms with E-state index in [0.717, 1.165) is 19.3 Å². The minimum Gasteiger partial charge on any atom is -0.438 e. The normalized spacial score (nSPS) is 24.0. The first kappa shape index (κ1) is 10.7. The van der Waals surface area contributed by atoms with Gasteiger partial charge in [0.1, 0.15) is 0 Å². The van der Waals surface area contributed by atoms with Gasteiger partial charge in [0, 0.05) is 6.04 Å². The predicted molar refractivity (Wildman–Crippen MR) is 55.4 cm³/mol. The quantitative estimate of drug-likeness (QED) is 0.815. The number of carbonyl (C=O) groups is 1. The number of aromatic nitrogens is 1. The Kier molecular flexibility index (Phi) is 2.91. The van der Waals surface area contributed by atoms with Gasteiger partial charge in [0.25, 0.3) is 5.91 Å². The highest BCUT2D eigenvalue weighted by Crippen LogP contribution is 2.25. The standard InChI is InChI=1S/C11H13N3O2/c1-7-10(16-6-13-7)11(15)14-9-4-2-3-8(9)5-12/h6,8-9H,2-4H2,1H3,(H,14,15). The van der Waals surface area contributed by atoms with Gasteiger partial charge in [0.2, 0.25) is 5.76 Å². The molecule has 1 heterocycles. The Balaban J connectivity index is 2.03. The maximum Gasteiger partial charge on any atom is 0.289 e. The van der Waals surface area contributed by atoms with Crippen LogP contribution in [-0.2, 0) is 0 Å². The van der Waals surface area contributed by atoms with Crippen LogP contribution in [0.2, 0.25) is 0 Å². The van der Waals surface area contributed by atoms with Crippen molar-refractivity contribution in [1.29, 1.82) is 5.26 Å². The first-order valence-electron chi connectivity index (χ1n) is 5.33. The molecule has 0 aromatic carbocycles. The maximum atomic E-state index is 11.8. The summed E-state index contributed by atoms with van der Waals surface area (Å²) in [6.45, 7) is 1.72. The van der Waals surface area contributed by atoms with Crippen LogP contribution in [0.4, 0.5) is 0 Å². The Bertz CT molecular complexity index is 433. The van der Waals surface area contributed by atoms with Gasteiger partial charge in [-0.15, -0.1) is 0 Å². The van der Waals surface area contributed by atoms with E-state index in [1.165, 1.54) is 6.39 Å². The van der Waals surface area contributed by atoms with Crippen LogP contribution in [0.5, 0.6) is 0 Å². The molecule has 0 bridgehead atoms. The van der Waals surface area contributed by atoms with Gasteiger partial charge in [-0.05, 0) is 26.2 Å². The number of carbonyl (C=O) groups excluding carboxylic acids is 1. The van der Waals surface area contributed by atoms with Crippen molar-refractivity contribution in [3.8, 4) is 6.07 Å². The van der Waals surface area contributed by atoms with Crippen LogP contribution < -0.4 is 5.32 Å². The second-order valence-electron chi connectivity index (χ2n) is 4.01. The smallest absolute Gasteiger partial charge is 0.289 e. The number of oxazole rings is 1.